The van der Waals surface area contributed by atoms with Crippen molar-refractivity contribution < 1.29 is 4.79 Å². The molecule has 4 rings (SSSR count). The normalized spacial score (nSPS) is 11.3. The number of benzene rings is 1. The largest absolute Gasteiger partial charge is 0.296 e. The molecule has 0 atom stereocenters. The molecule has 0 saturated heterocycles. The number of thiazole rings is 1. The van der Waals surface area contributed by atoms with E-state index < -0.39 is 0 Å². The molecule has 3 aromatic heterocycles. The number of rotatable bonds is 4. The Morgan fingerprint density at radius 2 is 1.57 bits per heavy atom. The SMILES string of the molecule is CC(C)(C)c1ccc(-c2ccnc(C(=O)Nc3ncc(-c4ccncc4)s3)c2)cc1. The van der Waals surface area contributed by atoms with Crippen LogP contribution in [-0.2, 0) is 5.41 Å². The van der Waals surface area contributed by atoms with E-state index in [1.165, 1.54) is 16.9 Å². The van der Waals surface area contributed by atoms with Gasteiger partial charge in [-0.3, -0.25) is 20.1 Å². The van der Waals surface area contributed by atoms with Gasteiger partial charge in [-0.1, -0.05) is 56.4 Å². The molecule has 30 heavy (non-hydrogen) atoms. The summed E-state index contributed by atoms with van der Waals surface area (Å²) in [7, 11) is 0. The smallest absolute Gasteiger partial charge is 0.276 e. The van der Waals surface area contributed by atoms with Gasteiger partial charge in [-0.15, -0.1) is 0 Å². The van der Waals surface area contributed by atoms with Crippen LogP contribution in [0.5, 0.6) is 0 Å². The standard InChI is InChI=1S/C24H22N4OS/c1-24(2,3)19-6-4-16(5-7-19)18-10-13-26-20(14-18)22(29)28-23-27-15-21(30-23)17-8-11-25-12-9-17/h4-15H,1-3H3,(H,27,28,29). The van der Waals surface area contributed by atoms with Gasteiger partial charge in [-0.05, 0) is 51.9 Å². The number of nitrogens with one attached hydrogen (secondary N) is 1. The van der Waals surface area contributed by atoms with Crippen LogP contribution >= 0.6 is 11.3 Å². The summed E-state index contributed by atoms with van der Waals surface area (Å²) in [5.41, 5.74) is 4.74. The molecule has 0 spiro atoms. The first kappa shape index (κ1) is 19.9. The highest BCUT2D eigenvalue weighted by molar-refractivity contribution is 7.19. The molecular weight excluding hydrogens is 392 g/mol. The molecule has 0 saturated carbocycles. The van der Waals surface area contributed by atoms with Gasteiger partial charge in [0, 0.05) is 24.8 Å². The fourth-order valence-electron chi connectivity index (χ4n) is 3.04. The Kier molecular flexibility index (Phi) is 5.42. The lowest BCUT2D eigenvalue weighted by atomic mass is 9.86. The summed E-state index contributed by atoms with van der Waals surface area (Å²) in [5.74, 6) is -0.279. The number of carbonyl (C=O) groups excluding carboxylic acids is 1. The Morgan fingerprint density at radius 3 is 2.27 bits per heavy atom. The highest BCUT2D eigenvalue weighted by atomic mass is 32.1. The van der Waals surface area contributed by atoms with E-state index in [9.17, 15) is 4.79 Å². The molecule has 0 bridgehead atoms. The van der Waals surface area contributed by atoms with Crippen LogP contribution < -0.4 is 5.32 Å². The van der Waals surface area contributed by atoms with Gasteiger partial charge in [0.1, 0.15) is 5.69 Å². The molecule has 0 fully saturated rings. The van der Waals surface area contributed by atoms with Crippen molar-refractivity contribution in [2.75, 3.05) is 5.32 Å². The molecule has 1 amide bonds. The molecule has 0 radical (unpaired) electrons. The van der Waals surface area contributed by atoms with Crippen molar-refractivity contribution in [2.24, 2.45) is 0 Å². The number of hydrogen-bond acceptors (Lipinski definition) is 5. The summed E-state index contributed by atoms with van der Waals surface area (Å²) >= 11 is 1.41. The topological polar surface area (TPSA) is 67.8 Å². The maximum Gasteiger partial charge on any atom is 0.276 e. The summed E-state index contributed by atoms with van der Waals surface area (Å²) in [4.78, 5) is 26.2. The molecule has 0 unspecified atom stereocenters. The minimum Gasteiger partial charge on any atom is -0.296 e. The number of nitrogens with zero attached hydrogens (tertiary/aromatic N) is 3. The molecule has 1 N–H and O–H groups in total. The van der Waals surface area contributed by atoms with Crippen LogP contribution in [0.1, 0.15) is 36.8 Å². The van der Waals surface area contributed by atoms with Crippen molar-refractivity contribution in [3.63, 3.8) is 0 Å². The van der Waals surface area contributed by atoms with E-state index in [0.717, 1.165) is 21.6 Å². The van der Waals surface area contributed by atoms with Crippen molar-refractivity contribution >= 4 is 22.4 Å². The maximum atomic E-state index is 12.7. The third-order valence-electron chi connectivity index (χ3n) is 4.77. The summed E-state index contributed by atoms with van der Waals surface area (Å²) in [6.07, 6.45) is 6.87. The van der Waals surface area contributed by atoms with Gasteiger partial charge in [0.05, 0.1) is 4.88 Å². The maximum absolute atomic E-state index is 12.7. The predicted molar refractivity (Wildman–Crippen MR) is 122 cm³/mol. The van der Waals surface area contributed by atoms with Gasteiger partial charge < -0.3 is 0 Å². The van der Waals surface area contributed by atoms with E-state index in [2.05, 4.69) is 65.3 Å². The van der Waals surface area contributed by atoms with Crippen LogP contribution in [0.15, 0.2) is 73.3 Å². The Balaban J connectivity index is 1.51. The van der Waals surface area contributed by atoms with Crippen LogP contribution in [0.3, 0.4) is 0 Å². The molecular formula is C24H22N4OS. The molecule has 6 heteroatoms. The fraction of sp³-hybridized carbons (Fsp3) is 0.167. The zero-order valence-electron chi connectivity index (χ0n) is 17.1. The van der Waals surface area contributed by atoms with Gasteiger partial charge in [0.2, 0.25) is 0 Å². The first-order chi connectivity index (χ1) is 14.4. The van der Waals surface area contributed by atoms with Gasteiger partial charge in [-0.2, -0.15) is 0 Å². The zero-order valence-corrected chi connectivity index (χ0v) is 17.9. The lowest BCUT2D eigenvalue weighted by Crippen LogP contribution is -2.13. The lowest BCUT2D eigenvalue weighted by Gasteiger charge is -2.19. The molecule has 1 aromatic carbocycles. The minimum absolute atomic E-state index is 0.102. The lowest BCUT2D eigenvalue weighted by molar-refractivity contribution is 0.102. The number of hydrogen-bond donors (Lipinski definition) is 1. The molecule has 4 aromatic rings. The Labute approximate surface area is 179 Å². The zero-order chi connectivity index (χ0) is 21.1. The van der Waals surface area contributed by atoms with E-state index in [0.29, 0.717) is 10.8 Å². The number of anilines is 1. The Bertz CT molecular complexity index is 1160. The summed E-state index contributed by atoms with van der Waals surface area (Å²) in [5, 5.41) is 3.38. The second-order valence-electron chi connectivity index (χ2n) is 7.98. The molecule has 0 aliphatic heterocycles. The Morgan fingerprint density at radius 1 is 0.867 bits per heavy atom. The minimum atomic E-state index is -0.279. The van der Waals surface area contributed by atoms with E-state index in [1.54, 1.807) is 30.9 Å². The molecule has 5 nitrogen and oxygen atoms in total. The van der Waals surface area contributed by atoms with E-state index in [4.69, 9.17) is 0 Å². The summed E-state index contributed by atoms with van der Waals surface area (Å²) in [6.45, 7) is 6.57. The highest BCUT2D eigenvalue weighted by Crippen LogP contribution is 2.29. The van der Waals surface area contributed by atoms with Crippen molar-refractivity contribution in [2.45, 2.75) is 26.2 Å². The fourth-order valence-corrected chi connectivity index (χ4v) is 3.86. The predicted octanol–water partition coefficient (Wildman–Crippen LogP) is 5.82. The van der Waals surface area contributed by atoms with Crippen molar-refractivity contribution in [1.29, 1.82) is 0 Å². The summed E-state index contributed by atoms with van der Waals surface area (Å²) < 4.78 is 0. The van der Waals surface area contributed by atoms with Crippen LogP contribution in [-0.4, -0.2) is 20.9 Å². The van der Waals surface area contributed by atoms with Crippen molar-refractivity contribution in [3.05, 3.63) is 84.6 Å². The summed E-state index contributed by atoms with van der Waals surface area (Å²) in [6, 6.07) is 16.0. The van der Waals surface area contributed by atoms with E-state index >= 15 is 0 Å². The average molecular weight is 415 g/mol. The third kappa shape index (κ3) is 4.44. The van der Waals surface area contributed by atoms with Crippen molar-refractivity contribution in [1.82, 2.24) is 15.0 Å². The van der Waals surface area contributed by atoms with E-state index in [-0.39, 0.29) is 11.3 Å². The van der Waals surface area contributed by atoms with Crippen LogP contribution in [0.2, 0.25) is 0 Å². The van der Waals surface area contributed by atoms with Gasteiger partial charge in [0.15, 0.2) is 5.13 Å². The second-order valence-corrected chi connectivity index (χ2v) is 9.01. The quantitative estimate of drug-likeness (QED) is 0.457. The van der Waals surface area contributed by atoms with Crippen LogP contribution in [0.25, 0.3) is 21.6 Å². The van der Waals surface area contributed by atoms with Gasteiger partial charge in [-0.25, -0.2) is 4.98 Å². The first-order valence-corrected chi connectivity index (χ1v) is 10.5. The molecule has 0 aliphatic carbocycles. The number of aromatic nitrogens is 3. The monoisotopic (exact) mass is 414 g/mol. The number of pyridine rings is 2. The van der Waals surface area contributed by atoms with Gasteiger partial charge >= 0.3 is 0 Å². The number of amides is 1. The number of carbonyl (C=O) groups is 1. The first-order valence-electron chi connectivity index (χ1n) is 9.65. The average Bonchev–Trinajstić information content (AvgIpc) is 3.22. The van der Waals surface area contributed by atoms with Crippen LogP contribution in [0.4, 0.5) is 5.13 Å². The van der Waals surface area contributed by atoms with Crippen LogP contribution in [0, 0.1) is 0 Å². The Hall–Kier alpha value is -3.38. The molecule has 150 valence electrons. The second kappa shape index (κ2) is 8.16. The van der Waals surface area contributed by atoms with Gasteiger partial charge in [0.25, 0.3) is 5.91 Å². The highest BCUT2D eigenvalue weighted by Gasteiger charge is 2.15. The van der Waals surface area contributed by atoms with E-state index in [1.807, 2.05) is 18.2 Å². The molecule has 0 aliphatic rings. The van der Waals surface area contributed by atoms with Crippen molar-refractivity contribution in [3.8, 4) is 21.6 Å². The third-order valence-corrected chi connectivity index (χ3v) is 5.73. The molecule has 3 heterocycles.